The maximum atomic E-state index is 12.6. The Morgan fingerprint density at radius 2 is 2.14 bits per heavy atom. The molecule has 0 N–H and O–H groups in total. The van der Waals surface area contributed by atoms with Gasteiger partial charge in [-0.25, -0.2) is 14.5 Å². The first-order valence-electron chi connectivity index (χ1n) is 9.78. The summed E-state index contributed by atoms with van der Waals surface area (Å²) in [6.07, 6.45) is 6.52. The van der Waals surface area contributed by atoms with Crippen molar-refractivity contribution in [2.75, 3.05) is 13.2 Å². The van der Waals surface area contributed by atoms with Crippen molar-refractivity contribution in [3.8, 4) is 0 Å². The molecule has 6 nitrogen and oxygen atoms in total. The number of fused-ring (bicyclic) bond motifs is 1. The van der Waals surface area contributed by atoms with E-state index in [9.17, 15) is 4.79 Å². The number of carbonyl (C=O) groups excluding carboxylic acids is 1. The van der Waals surface area contributed by atoms with Gasteiger partial charge in [0, 0.05) is 6.61 Å². The smallest absolute Gasteiger partial charge is 0.339 e. The zero-order valence-corrected chi connectivity index (χ0v) is 16.9. The molecule has 1 fully saturated rings. The Hall–Kier alpha value is -2.70. The van der Waals surface area contributed by atoms with Crippen LogP contribution >= 0.6 is 11.6 Å². The van der Waals surface area contributed by atoms with Gasteiger partial charge >= 0.3 is 5.97 Å². The van der Waals surface area contributed by atoms with Crippen molar-refractivity contribution in [3.63, 3.8) is 0 Å². The van der Waals surface area contributed by atoms with Crippen molar-refractivity contribution < 1.29 is 14.3 Å². The van der Waals surface area contributed by atoms with Crippen LogP contribution < -0.4 is 0 Å². The van der Waals surface area contributed by atoms with Gasteiger partial charge in [0.1, 0.15) is 5.15 Å². The van der Waals surface area contributed by atoms with Crippen LogP contribution in [-0.4, -0.2) is 33.9 Å². The van der Waals surface area contributed by atoms with Gasteiger partial charge in [0.05, 0.1) is 23.3 Å². The number of ether oxygens (including phenoxy) is 2. The van der Waals surface area contributed by atoms with E-state index in [0.717, 1.165) is 24.8 Å². The Balaban J connectivity index is 1.88. The fourth-order valence-electron chi connectivity index (χ4n) is 3.48. The van der Waals surface area contributed by atoms with Crippen molar-refractivity contribution in [1.82, 2.24) is 14.8 Å². The van der Waals surface area contributed by atoms with Crippen LogP contribution in [0.5, 0.6) is 0 Å². The number of halogens is 1. The lowest BCUT2D eigenvalue weighted by Crippen LogP contribution is -2.19. The number of hydrogen-bond donors (Lipinski definition) is 0. The number of rotatable bonds is 5. The van der Waals surface area contributed by atoms with E-state index in [2.05, 4.69) is 4.98 Å². The lowest BCUT2D eigenvalue weighted by molar-refractivity contribution is -0.0370. The number of hydrogen-bond acceptors (Lipinski definition) is 5. The molecule has 1 aromatic carbocycles. The summed E-state index contributed by atoms with van der Waals surface area (Å²) in [6, 6.07) is 11.4. The molecule has 150 valence electrons. The third-order valence-electron chi connectivity index (χ3n) is 4.81. The van der Waals surface area contributed by atoms with Crippen LogP contribution in [0.25, 0.3) is 23.2 Å². The molecule has 29 heavy (non-hydrogen) atoms. The molecule has 1 atom stereocenters. The van der Waals surface area contributed by atoms with Crippen LogP contribution in [0.2, 0.25) is 5.15 Å². The zero-order valence-electron chi connectivity index (χ0n) is 16.2. The van der Waals surface area contributed by atoms with Crippen LogP contribution in [0.3, 0.4) is 0 Å². The molecular formula is C22H22ClN3O3. The van der Waals surface area contributed by atoms with Crippen molar-refractivity contribution in [3.05, 3.63) is 58.4 Å². The van der Waals surface area contributed by atoms with E-state index in [-0.39, 0.29) is 18.0 Å². The van der Waals surface area contributed by atoms with Gasteiger partial charge in [0.15, 0.2) is 11.9 Å². The monoisotopic (exact) mass is 411 g/mol. The Morgan fingerprint density at radius 3 is 2.86 bits per heavy atom. The number of carbonyl (C=O) groups is 1. The molecule has 0 spiro atoms. The maximum Gasteiger partial charge on any atom is 0.339 e. The predicted octanol–water partition coefficient (Wildman–Crippen LogP) is 5.13. The van der Waals surface area contributed by atoms with E-state index in [0.29, 0.717) is 28.9 Å². The number of aromatic nitrogens is 3. The molecule has 0 amide bonds. The van der Waals surface area contributed by atoms with Gasteiger partial charge in [-0.15, -0.1) is 0 Å². The molecular weight excluding hydrogens is 390 g/mol. The minimum atomic E-state index is -0.444. The van der Waals surface area contributed by atoms with E-state index >= 15 is 0 Å². The average molecular weight is 412 g/mol. The number of pyridine rings is 1. The summed E-state index contributed by atoms with van der Waals surface area (Å²) in [7, 11) is 0. The van der Waals surface area contributed by atoms with Gasteiger partial charge in [0.2, 0.25) is 0 Å². The minimum Gasteiger partial charge on any atom is -0.462 e. The van der Waals surface area contributed by atoms with Crippen molar-refractivity contribution in [2.45, 2.75) is 32.4 Å². The van der Waals surface area contributed by atoms with Crippen LogP contribution in [0, 0.1) is 0 Å². The molecule has 1 aliphatic rings. The van der Waals surface area contributed by atoms with Gasteiger partial charge in [-0.1, -0.05) is 48.0 Å². The Bertz CT molecular complexity index is 1040. The van der Waals surface area contributed by atoms with Crippen molar-refractivity contribution in [2.24, 2.45) is 0 Å². The summed E-state index contributed by atoms with van der Waals surface area (Å²) in [5, 5.41) is 5.59. The summed E-state index contributed by atoms with van der Waals surface area (Å²) in [4.78, 5) is 17.1. The van der Waals surface area contributed by atoms with E-state index < -0.39 is 5.97 Å². The normalized spacial score (nSPS) is 17.1. The molecule has 0 aliphatic carbocycles. The van der Waals surface area contributed by atoms with Crippen LogP contribution in [0.4, 0.5) is 0 Å². The summed E-state index contributed by atoms with van der Waals surface area (Å²) in [5.41, 5.74) is 2.55. The standard InChI is InChI=1S/C22H22ClN3O3/c1-2-28-22(27)16-14-18(23)24-21-20(16)17(12-11-15-8-4-3-5-9-15)25-26(21)19-10-6-7-13-29-19/h3-5,8-9,11-12,14,19H,2,6-7,10,13H2,1H3/b12-11+. The molecule has 0 bridgehead atoms. The first kappa shape index (κ1) is 19.6. The largest absolute Gasteiger partial charge is 0.462 e. The predicted molar refractivity (Wildman–Crippen MR) is 113 cm³/mol. The van der Waals surface area contributed by atoms with E-state index in [1.807, 2.05) is 42.5 Å². The second kappa shape index (κ2) is 8.76. The third kappa shape index (κ3) is 4.18. The van der Waals surface area contributed by atoms with Crippen molar-refractivity contribution in [1.29, 1.82) is 0 Å². The summed E-state index contributed by atoms with van der Waals surface area (Å²) >= 11 is 6.24. The van der Waals surface area contributed by atoms with Crippen molar-refractivity contribution >= 4 is 40.8 Å². The van der Waals surface area contributed by atoms with Gasteiger partial charge < -0.3 is 9.47 Å². The molecule has 7 heteroatoms. The Kier molecular flexibility index (Phi) is 5.92. The van der Waals surface area contributed by atoms with E-state index in [1.165, 1.54) is 6.07 Å². The summed E-state index contributed by atoms with van der Waals surface area (Å²) in [6.45, 7) is 2.72. The molecule has 0 radical (unpaired) electrons. The lowest BCUT2D eigenvalue weighted by atomic mass is 10.1. The lowest BCUT2D eigenvalue weighted by Gasteiger charge is -2.23. The molecule has 0 saturated carbocycles. The quantitative estimate of drug-likeness (QED) is 0.430. The topological polar surface area (TPSA) is 66.2 Å². The number of esters is 1. The average Bonchev–Trinajstić information content (AvgIpc) is 3.11. The Morgan fingerprint density at radius 1 is 1.31 bits per heavy atom. The van der Waals surface area contributed by atoms with Crippen LogP contribution in [0.15, 0.2) is 36.4 Å². The molecule has 2 aromatic heterocycles. The van der Waals surface area contributed by atoms with Crippen LogP contribution in [0.1, 0.15) is 54.0 Å². The van der Waals surface area contributed by atoms with Gasteiger partial charge in [-0.05, 0) is 43.9 Å². The highest BCUT2D eigenvalue weighted by Gasteiger charge is 2.25. The molecule has 1 saturated heterocycles. The highest BCUT2D eigenvalue weighted by molar-refractivity contribution is 6.30. The second-order valence-electron chi connectivity index (χ2n) is 6.81. The van der Waals surface area contributed by atoms with Gasteiger partial charge in [-0.3, -0.25) is 0 Å². The molecule has 3 heterocycles. The second-order valence-corrected chi connectivity index (χ2v) is 7.19. The first-order valence-corrected chi connectivity index (χ1v) is 10.2. The first-order chi connectivity index (χ1) is 14.2. The highest BCUT2D eigenvalue weighted by Crippen LogP contribution is 2.31. The molecule has 4 rings (SSSR count). The number of benzene rings is 1. The molecule has 3 aromatic rings. The van der Waals surface area contributed by atoms with Crippen LogP contribution in [-0.2, 0) is 9.47 Å². The summed E-state index contributed by atoms with van der Waals surface area (Å²) < 4.78 is 12.9. The summed E-state index contributed by atoms with van der Waals surface area (Å²) in [5.74, 6) is -0.444. The fourth-order valence-corrected chi connectivity index (χ4v) is 3.67. The highest BCUT2D eigenvalue weighted by atomic mass is 35.5. The Labute approximate surface area is 174 Å². The molecule has 1 aliphatic heterocycles. The zero-order chi connectivity index (χ0) is 20.2. The minimum absolute atomic E-state index is 0.219. The van der Waals surface area contributed by atoms with E-state index in [1.54, 1.807) is 11.6 Å². The van der Waals surface area contributed by atoms with E-state index in [4.69, 9.17) is 26.2 Å². The van der Waals surface area contributed by atoms with Gasteiger partial charge in [-0.2, -0.15) is 5.10 Å². The number of nitrogens with zero attached hydrogens (tertiary/aromatic N) is 3. The van der Waals surface area contributed by atoms with Gasteiger partial charge in [0.25, 0.3) is 0 Å². The third-order valence-corrected chi connectivity index (χ3v) is 5.01. The fraction of sp³-hybridized carbons (Fsp3) is 0.318. The SMILES string of the molecule is CCOC(=O)c1cc(Cl)nc2c1c(/C=C/c1ccccc1)nn2C1CCCCO1. The molecule has 1 unspecified atom stereocenters. The maximum absolute atomic E-state index is 12.6.